The Morgan fingerprint density at radius 1 is 0.947 bits per heavy atom. The number of rotatable bonds is 7. The largest absolute Gasteiger partial charge is 0.462 e. The summed E-state index contributed by atoms with van der Waals surface area (Å²) in [7, 11) is 0. The van der Waals surface area contributed by atoms with Gasteiger partial charge in [0.25, 0.3) is 6.02 Å². The van der Waals surface area contributed by atoms with E-state index in [1.165, 1.54) is 31.2 Å². The lowest BCUT2D eigenvalue weighted by atomic mass is 9.83. The number of halogens is 5. The molecule has 38 heavy (non-hydrogen) atoms. The molecule has 0 aromatic heterocycles. The van der Waals surface area contributed by atoms with E-state index < -0.39 is 18.8 Å². The first-order valence-corrected chi connectivity index (χ1v) is 12.1. The van der Waals surface area contributed by atoms with Crippen molar-refractivity contribution in [1.82, 2.24) is 0 Å². The number of alkyl halides is 4. The van der Waals surface area contributed by atoms with Crippen molar-refractivity contribution in [2.75, 3.05) is 6.61 Å². The maximum absolute atomic E-state index is 12.5. The molecule has 11 heteroatoms. The van der Waals surface area contributed by atoms with Gasteiger partial charge in [0.1, 0.15) is 18.1 Å². The van der Waals surface area contributed by atoms with Gasteiger partial charge in [0.05, 0.1) is 0 Å². The molecule has 0 amide bonds. The Hall–Kier alpha value is -3.60. The molecule has 202 valence electrons. The number of nitrogens with two attached hydrogens (primary N) is 1. The topological polar surface area (TPSA) is 83.1 Å². The minimum Gasteiger partial charge on any atom is -0.462 e. The van der Waals surface area contributed by atoms with E-state index in [1.54, 1.807) is 26.0 Å². The van der Waals surface area contributed by atoms with E-state index in [-0.39, 0.29) is 29.9 Å². The van der Waals surface area contributed by atoms with Crippen LogP contribution in [0.4, 0.5) is 17.6 Å². The summed E-state index contributed by atoms with van der Waals surface area (Å²) in [5, 5.41) is 0. The fraction of sp³-hybridized carbons (Fsp3) is 0.259. The summed E-state index contributed by atoms with van der Waals surface area (Å²) in [6, 6.07) is 17.1. The van der Waals surface area contributed by atoms with Gasteiger partial charge in [-0.15, -0.1) is 0 Å². The van der Waals surface area contributed by atoms with Crippen LogP contribution in [0.15, 0.2) is 70.1 Å². The smallest absolute Gasteiger partial charge is 0.387 e. The number of amidine groups is 1. The van der Waals surface area contributed by atoms with Crippen molar-refractivity contribution in [1.29, 1.82) is 0 Å². The van der Waals surface area contributed by atoms with Gasteiger partial charge in [-0.1, -0.05) is 34.1 Å². The number of aryl methyl sites for hydroxylation is 2. The van der Waals surface area contributed by atoms with Crippen molar-refractivity contribution in [3.8, 4) is 11.5 Å². The number of benzene rings is 3. The monoisotopic (exact) mass is 596 g/mol. The number of Topliss-reactive ketones (excluding diaryl/α,β-unsaturated/α-hetero) is 1. The maximum Gasteiger partial charge on any atom is 0.387 e. The van der Waals surface area contributed by atoms with E-state index in [1.807, 2.05) is 24.3 Å². The molecule has 4 rings (SSSR count). The molecule has 0 radical (unpaired) electrons. The third-order valence-corrected chi connectivity index (χ3v) is 6.19. The predicted molar refractivity (Wildman–Crippen MR) is 138 cm³/mol. The summed E-state index contributed by atoms with van der Waals surface area (Å²) in [4.78, 5) is 15.4. The fourth-order valence-corrected chi connectivity index (χ4v) is 4.27. The number of carbonyl (C=O) groups excluding carboxylic acids is 1. The summed E-state index contributed by atoms with van der Waals surface area (Å²) in [5.41, 5.74) is 8.21. The molecule has 0 spiro atoms. The Kier molecular flexibility index (Phi) is 9.37. The zero-order chi connectivity index (χ0) is 28.0. The van der Waals surface area contributed by atoms with Gasteiger partial charge in [0, 0.05) is 10.0 Å². The van der Waals surface area contributed by atoms with Crippen molar-refractivity contribution in [2.24, 2.45) is 10.7 Å². The van der Waals surface area contributed by atoms with Crippen LogP contribution in [0.2, 0.25) is 0 Å². The van der Waals surface area contributed by atoms with Crippen LogP contribution >= 0.6 is 15.9 Å². The summed E-state index contributed by atoms with van der Waals surface area (Å²) in [6.07, 6.45) is 0. The lowest BCUT2D eigenvalue weighted by molar-refractivity contribution is -0.0509. The van der Waals surface area contributed by atoms with Gasteiger partial charge in [-0.2, -0.15) is 17.6 Å². The minimum atomic E-state index is -2.86. The Morgan fingerprint density at radius 2 is 1.53 bits per heavy atom. The van der Waals surface area contributed by atoms with E-state index in [2.05, 4.69) is 30.4 Å². The van der Waals surface area contributed by atoms with Gasteiger partial charge >= 0.3 is 13.2 Å². The summed E-state index contributed by atoms with van der Waals surface area (Å²) < 4.78 is 63.7. The van der Waals surface area contributed by atoms with Crippen LogP contribution in [-0.4, -0.2) is 31.6 Å². The number of aliphatic imine (C=N–C) groups is 1. The van der Waals surface area contributed by atoms with Crippen molar-refractivity contribution in [3.05, 3.63) is 93.0 Å². The van der Waals surface area contributed by atoms with Gasteiger partial charge in [0.15, 0.2) is 11.3 Å². The SMILES string of the molecule is CC(=O)c1ccc(OC(F)F)c(C)c1.Cc1cc(C2(c3cccc(Br)c3)COC(N)=N2)ccc1OC(F)F. The molecule has 1 aliphatic heterocycles. The number of hydrogen-bond donors (Lipinski definition) is 1. The molecular formula is C27H25BrF4N2O4. The predicted octanol–water partition coefficient (Wildman–Crippen LogP) is 6.75. The van der Waals surface area contributed by atoms with Crippen LogP contribution < -0.4 is 15.2 Å². The molecule has 1 heterocycles. The molecule has 2 N–H and O–H groups in total. The highest BCUT2D eigenvalue weighted by molar-refractivity contribution is 9.10. The summed E-state index contributed by atoms with van der Waals surface area (Å²) in [6.45, 7) is -0.719. The fourth-order valence-electron chi connectivity index (χ4n) is 3.87. The maximum atomic E-state index is 12.5. The molecule has 0 fully saturated rings. The van der Waals surface area contributed by atoms with Gasteiger partial charge in [0.2, 0.25) is 0 Å². The average molecular weight is 597 g/mol. The van der Waals surface area contributed by atoms with Crippen LogP contribution in [0.3, 0.4) is 0 Å². The molecule has 0 aliphatic carbocycles. The first-order chi connectivity index (χ1) is 17.9. The molecule has 6 nitrogen and oxygen atoms in total. The highest BCUT2D eigenvalue weighted by Gasteiger charge is 2.40. The second-order valence-electron chi connectivity index (χ2n) is 8.38. The normalized spacial score (nSPS) is 16.4. The van der Waals surface area contributed by atoms with Crippen LogP contribution in [-0.2, 0) is 10.3 Å². The third kappa shape index (κ3) is 7.03. The molecular weight excluding hydrogens is 572 g/mol. The van der Waals surface area contributed by atoms with E-state index in [4.69, 9.17) is 10.5 Å². The lowest BCUT2D eigenvalue weighted by Crippen LogP contribution is -2.27. The number of carbonyl (C=O) groups is 1. The molecule has 1 unspecified atom stereocenters. The molecule has 0 bridgehead atoms. The van der Waals surface area contributed by atoms with Crippen molar-refractivity contribution in [2.45, 2.75) is 39.5 Å². The van der Waals surface area contributed by atoms with Gasteiger partial charge in [-0.25, -0.2) is 4.99 Å². The highest BCUT2D eigenvalue weighted by Crippen LogP contribution is 2.40. The number of ketones is 1. The minimum absolute atomic E-state index is 0.0977. The van der Waals surface area contributed by atoms with Gasteiger partial charge in [-0.3, -0.25) is 4.79 Å². The zero-order valence-electron chi connectivity index (χ0n) is 20.7. The van der Waals surface area contributed by atoms with Crippen LogP contribution in [0.25, 0.3) is 0 Å². The molecule has 3 aromatic carbocycles. The quantitative estimate of drug-likeness (QED) is 0.241. The standard InChI is InChI=1S/C17H15BrF2N2O2.C10H10F2O2/c1-10-7-12(5-6-14(10)24-15(19)20)17(9-23-16(21)22-17)11-3-2-4-13(18)8-11;1-6-5-8(7(2)13)3-4-9(6)14-10(11)12/h2-8,15H,9H2,1H3,(H2,21,22);3-5,10H,1-2H3. The average Bonchev–Trinajstić information content (AvgIpc) is 3.24. The molecule has 0 saturated carbocycles. The van der Waals surface area contributed by atoms with Crippen LogP contribution in [0.5, 0.6) is 11.5 Å². The van der Waals surface area contributed by atoms with Crippen molar-refractivity contribution in [3.63, 3.8) is 0 Å². The van der Waals surface area contributed by atoms with Gasteiger partial charge in [-0.05, 0) is 85.5 Å². The molecule has 1 aliphatic rings. The second kappa shape index (κ2) is 12.3. The van der Waals surface area contributed by atoms with Crippen LogP contribution in [0, 0.1) is 13.8 Å². The Bertz CT molecular complexity index is 1340. The van der Waals surface area contributed by atoms with E-state index in [0.29, 0.717) is 16.7 Å². The Balaban J connectivity index is 0.000000244. The third-order valence-electron chi connectivity index (χ3n) is 5.70. The van der Waals surface area contributed by atoms with E-state index in [0.717, 1.165) is 15.6 Å². The van der Waals surface area contributed by atoms with E-state index >= 15 is 0 Å². The lowest BCUT2D eigenvalue weighted by Gasteiger charge is -2.26. The summed E-state index contributed by atoms with van der Waals surface area (Å²) in [5.74, 6) is 0.135. The number of ether oxygens (including phenoxy) is 3. The molecule has 1 atom stereocenters. The number of nitrogens with zero attached hydrogens (tertiary/aromatic N) is 1. The first-order valence-electron chi connectivity index (χ1n) is 11.3. The molecule has 3 aromatic rings. The van der Waals surface area contributed by atoms with Crippen molar-refractivity contribution < 1.29 is 36.6 Å². The van der Waals surface area contributed by atoms with Crippen molar-refractivity contribution >= 4 is 27.7 Å². The summed E-state index contributed by atoms with van der Waals surface area (Å²) >= 11 is 3.45. The number of hydrogen-bond acceptors (Lipinski definition) is 6. The van der Waals surface area contributed by atoms with Gasteiger partial charge < -0.3 is 19.9 Å². The highest BCUT2D eigenvalue weighted by atomic mass is 79.9. The van der Waals surface area contributed by atoms with Crippen LogP contribution in [0.1, 0.15) is 39.5 Å². The first kappa shape index (κ1) is 29.0. The zero-order valence-corrected chi connectivity index (χ0v) is 22.3. The Morgan fingerprint density at radius 3 is 2.00 bits per heavy atom. The van der Waals surface area contributed by atoms with E-state index in [9.17, 15) is 22.4 Å². The second-order valence-corrected chi connectivity index (χ2v) is 9.30. The molecule has 0 saturated heterocycles. The Labute approximate surface area is 225 Å².